The number of ether oxygens (including phenoxy) is 6. The fourth-order valence-corrected chi connectivity index (χ4v) is 10.9. The molecule has 11 atom stereocenters. The number of hydrogen-bond acceptors (Lipinski definition) is 16. The van der Waals surface area contributed by atoms with Crippen molar-refractivity contribution in [1.29, 1.82) is 0 Å². The van der Waals surface area contributed by atoms with Crippen molar-refractivity contribution >= 4 is 47.5 Å². The van der Waals surface area contributed by atoms with Crippen LogP contribution < -0.4 is 5.32 Å². The van der Waals surface area contributed by atoms with Gasteiger partial charge in [0.2, 0.25) is 6.10 Å². The third-order valence-corrected chi connectivity index (χ3v) is 14.9. The topological polar surface area (TPSA) is 265 Å². The quantitative estimate of drug-likeness (QED) is 0.0961. The first-order valence-electron chi connectivity index (χ1n) is 23.2. The van der Waals surface area contributed by atoms with Crippen molar-refractivity contribution in [2.75, 3.05) is 6.61 Å². The number of fused-ring (bicyclic) bond motifs is 5. The Bertz CT molecular complexity index is 2630. The summed E-state index contributed by atoms with van der Waals surface area (Å²) in [7, 11) is 0. The molecule has 18 nitrogen and oxygen atoms in total. The third-order valence-electron chi connectivity index (χ3n) is 14.9. The first kappa shape index (κ1) is 52.1. The molecule has 71 heavy (non-hydrogen) atoms. The van der Waals surface area contributed by atoms with Crippen LogP contribution in [0.3, 0.4) is 0 Å². The molecule has 3 aromatic rings. The number of ketones is 1. The van der Waals surface area contributed by atoms with Gasteiger partial charge < -0.3 is 49.1 Å². The fraction of sp³-hybridized carbons (Fsp3) is 0.472. The zero-order valence-corrected chi connectivity index (χ0v) is 40.7. The van der Waals surface area contributed by atoms with Gasteiger partial charge in [0.15, 0.2) is 17.5 Å². The minimum atomic E-state index is -2.51. The number of carbonyl (C=O) groups is 8. The van der Waals surface area contributed by atoms with Gasteiger partial charge in [0, 0.05) is 37.7 Å². The predicted molar refractivity (Wildman–Crippen MR) is 248 cm³/mol. The second-order valence-electron chi connectivity index (χ2n) is 20.2. The molecule has 0 spiro atoms. The summed E-state index contributed by atoms with van der Waals surface area (Å²) in [6.45, 7) is 10.2. The van der Waals surface area contributed by atoms with Crippen LogP contribution in [-0.4, -0.2) is 117 Å². The third kappa shape index (κ3) is 9.35. The summed E-state index contributed by atoms with van der Waals surface area (Å²) in [6, 6.07) is 22.1. The Hall–Kier alpha value is -6.76. The lowest BCUT2D eigenvalue weighted by atomic mass is 9.44. The summed E-state index contributed by atoms with van der Waals surface area (Å²) < 4.78 is 36.5. The molecule has 7 rings (SSSR count). The minimum Gasteiger partial charge on any atom is -0.481 e. The maximum atomic E-state index is 15.7. The van der Waals surface area contributed by atoms with Crippen LogP contribution in [0.2, 0.25) is 0 Å². The van der Waals surface area contributed by atoms with Crippen molar-refractivity contribution in [2.24, 2.45) is 22.2 Å². The van der Waals surface area contributed by atoms with Crippen LogP contribution in [0, 0.1) is 22.2 Å². The molecule has 1 saturated heterocycles. The molecule has 3 aliphatic carbocycles. The number of amides is 1. The number of nitrogens with one attached hydrogen (secondary N) is 1. The fourth-order valence-electron chi connectivity index (χ4n) is 10.9. The highest BCUT2D eigenvalue weighted by atomic mass is 16.6. The number of aliphatic hydroxyl groups is 2. The van der Waals surface area contributed by atoms with Crippen LogP contribution in [0.4, 0.5) is 0 Å². The van der Waals surface area contributed by atoms with E-state index in [-0.39, 0.29) is 40.9 Å². The van der Waals surface area contributed by atoms with Gasteiger partial charge in [-0.15, -0.1) is 0 Å². The Labute approximate surface area is 410 Å². The molecule has 1 aliphatic heterocycles. The average molecular weight is 982 g/mol. The summed E-state index contributed by atoms with van der Waals surface area (Å²) in [6.07, 6.45) is -11.9. The standard InChI is InChI=1S/C53H59NO17/c1-28-34(68-47(62)41(69-37(58)26-49(4,5)48(63)64)39(31-18-12-9-13-19-31)54-45(60)32-20-14-10-15-21-32)25-53(65)44(70-46(61)33-22-16-11-17-23-33)42-51(8,35(57)24-36-52(42,27-66-36)71-30(3)56)43(59)40(67-29(2)55)38(28)50(53,6)7/h9-23,34-36,39-42,44,57,65H,24-27H2,1-8H3,(H,54,60)(H,63,64)/t34-,35-,36+,39-,40+,41+,42?,44?,51+,52-,53+/m0/s1. The normalized spacial score (nSPS) is 29.4. The van der Waals surface area contributed by atoms with Crippen LogP contribution in [0.15, 0.2) is 102 Å². The molecule has 2 bridgehead atoms. The number of esters is 5. The first-order chi connectivity index (χ1) is 33.3. The largest absolute Gasteiger partial charge is 0.481 e. The summed E-state index contributed by atoms with van der Waals surface area (Å²) >= 11 is 0. The van der Waals surface area contributed by atoms with E-state index in [1.165, 1.54) is 65.8 Å². The second kappa shape index (κ2) is 19.4. The van der Waals surface area contributed by atoms with Gasteiger partial charge in [-0.25, -0.2) is 9.59 Å². The molecule has 4 aliphatic rings. The molecule has 0 aromatic heterocycles. The Morgan fingerprint density at radius 3 is 1.94 bits per heavy atom. The number of aliphatic carboxylic acids is 1. The van der Waals surface area contributed by atoms with Gasteiger partial charge in [0.05, 0.1) is 41.4 Å². The molecule has 0 radical (unpaired) electrons. The SMILES string of the molecule is CC(=O)O[C@H]1C(=O)[C@@]2(C)C(C(OC(=O)c3ccccc3)[C@]3(O)C[C@H](OC(=O)[C@H](OC(=O)CC(C)(C)C(=O)O)[C@@H](NC(=O)c4ccccc4)c4ccccc4)C(C)=C1C3(C)C)[C@]1(OC(C)=O)CO[C@@H]1C[C@@H]2O. The van der Waals surface area contributed by atoms with Crippen LogP contribution in [-0.2, 0) is 57.2 Å². The van der Waals surface area contributed by atoms with E-state index in [9.17, 15) is 44.1 Å². The van der Waals surface area contributed by atoms with E-state index in [0.717, 1.165) is 13.8 Å². The van der Waals surface area contributed by atoms with Crippen LogP contribution in [0.5, 0.6) is 0 Å². The smallest absolute Gasteiger partial charge is 0.350 e. The van der Waals surface area contributed by atoms with Crippen molar-refractivity contribution in [1.82, 2.24) is 5.32 Å². The molecule has 3 fully saturated rings. The maximum Gasteiger partial charge on any atom is 0.350 e. The second-order valence-corrected chi connectivity index (χ2v) is 20.2. The maximum absolute atomic E-state index is 15.7. The van der Waals surface area contributed by atoms with Crippen LogP contribution >= 0.6 is 0 Å². The van der Waals surface area contributed by atoms with Gasteiger partial charge >= 0.3 is 35.8 Å². The summed E-state index contributed by atoms with van der Waals surface area (Å²) in [5.41, 5.74) is -9.50. The molecule has 18 heteroatoms. The van der Waals surface area contributed by atoms with E-state index in [1.54, 1.807) is 66.7 Å². The number of carboxylic acid groups (broad SMARTS) is 1. The Morgan fingerprint density at radius 2 is 1.41 bits per heavy atom. The van der Waals surface area contributed by atoms with Gasteiger partial charge in [0.1, 0.15) is 30.0 Å². The lowest BCUT2D eigenvalue weighted by Crippen LogP contribution is -2.82. The number of benzene rings is 3. The number of hydrogen-bond donors (Lipinski definition) is 4. The van der Waals surface area contributed by atoms with Crippen molar-refractivity contribution in [3.05, 3.63) is 119 Å². The molecule has 1 amide bonds. The summed E-state index contributed by atoms with van der Waals surface area (Å²) in [4.78, 5) is 112. The Kier molecular flexibility index (Phi) is 14.3. The van der Waals surface area contributed by atoms with Crippen molar-refractivity contribution in [3.8, 4) is 0 Å². The van der Waals surface area contributed by atoms with Crippen molar-refractivity contribution in [3.63, 3.8) is 0 Å². The lowest BCUT2D eigenvalue weighted by Gasteiger charge is -2.67. The first-order valence-corrected chi connectivity index (χ1v) is 23.2. The monoisotopic (exact) mass is 981 g/mol. The number of carbonyl (C=O) groups excluding carboxylic acids is 7. The van der Waals surface area contributed by atoms with Gasteiger partial charge in [-0.05, 0) is 68.7 Å². The predicted octanol–water partition coefficient (Wildman–Crippen LogP) is 4.79. The molecule has 4 N–H and O–H groups in total. The van der Waals surface area contributed by atoms with Gasteiger partial charge in [-0.2, -0.15) is 0 Å². The molecular formula is C53H59NO17. The number of aliphatic hydroxyl groups excluding tert-OH is 1. The number of rotatable bonds is 14. The zero-order valence-electron chi connectivity index (χ0n) is 40.7. The van der Waals surface area contributed by atoms with Gasteiger partial charge in [0.25, 0.3) is 5.91 Å². The summed E-state index contributed by atoms with van der Waals surface area (Å²) in [5.74, 6) is -9.83. The minimum absolute atomic E-state index is 0.0204. The molecular weight excluding hydrogens is 923 g/mol. The van der Waals surface area contributed by atoms with E-state index in [4.69, 9.17) is 28.4 Å². The zero-order chi connectivity index (χ0) is 52.0. The molecule has 378 valence electrons. The van der Waals surface area contributed by atoms with Crippen molar-refractivity contribution in [2.45, 2.75) is 129 Å². The Balaban J connectivity index is 1.43. The highest BCUT2D eigenvalue weighted by molar-refractivity contribution is 5.96. The van der Waals surface area contributed by atoms with E-state index < -0.39 is 136 Å². The number of Topliss-reactive ketones (excluding diaryl/α,β-unsaturated/α-hetero) is 1. The Morgan fingerprint density at radius 1 is 0.831 bits per heavy atom. The van der Waals surface area contributed by atoms with Gasteiger partial charge in [-0.1, -0.05) is 80.6 Å². The van der Waals surface area contributed by atoms with Crippen molar-refractivity contribution < 1.29 is 82.1 Å². The highest BCUT2D eigenvalue weighted by Gasteiger charge is 2.78. The van der Waals surface area contributed by atoms with E-state index in [2.05, 4.69) is 5.32 Å². The van der Waals surface area contributed by atoms with E-state index in [0.29, 0.717) is 0 Å². The van der Waals surface area contributed by atoms with Crippen LogP contribution in [0.25, 0.3) is 0 Å². The average Bonchev–Trinajstić information content (AvgIpc) is 3.31. The van der Waals surface area contributed by atoms with E-state index >= 15 is 9.59 Å². The van der Waals surface area contributed by atoms with Crippen LogP contribution in [0.1, 0.15) is 107 Å². The summed E-state index contributed by atoms with van der Waals surface area (Å²) in [5, 5.41) is 38.8. The van der Waals surface area contributed by atoms with E-state index in [1.807, 2.05) is 0 Å². The molecule has 3 aromatic carbocycles. The molecule has 2 saturated carbocycles. The van der Waals surface area contributed by atoms with Gasteiger partial charge in [-0.3, -0.25) is 28.8 Å². The lowest BCUT2D eigenvalue weighted by molar-refractivity contribution is -0.346. The highest BCUT2D eigenvalue weighted by Crippen LogP contribution is 2.64. The molecule has 1 heterocycles. The molecule has 2 unspecified atom stereocenters. The number of carboxylic acids is 1.